The van der Waals surface area contributed by atoms with E-state index in [1.54, 1.807) is 0 Å². The molecule has 0 aromatic carbocycles. The molecule has 15 heavy (non-hydrogen) atoms. The van der Waals surface area contributed by atoms with Crippen LogP contribution in [-0.4, -0.2) is 36.5 Å². The van der Waals surface area contributed by atoms with Gasteiger partial charge in [0.1, 0.15) is 0 Å². The fourth-order valence-electron chi connectivity index (χ4n) is 2.63. The van der Waals surface area contributed by atoms with Crippen molar-refractivity contribution in [3.8, 4) is 0 Å². The van der Waals surface area contributed by atoms with Gasteiger partial charge < -0.3 is 10.2 Å². The van der Waals surface area contributed by atoms with Gasteiger partial charge in [-0.05, 0) is 31.2 Å². The second-order valence-electron chi connectivity index (χ2n) is 5.68. The quantitative estimate of drug-likeness (QED) is 0.709. The summed E-state index contributed by atoms with van der Waals surface area (Å²) in [4.78, 5) is 14.1. The molecule has 86 valence electrons. The van der Waals surface area contributed by atoms with Crippen molar-refractivity contribution in [3.63, 3.8) is 0 Å². The maximum atomic E-state index is 12.0. The first kappa shape index (κ1) is 10.9. The van der Waals surface area contributed by atoms with E-state index in [9.17, 15) is 4.79 Å². The van der Waals surface area contributed by atoms with Gasteiger partial charge in [0.2, 0.25) is 5.91 Å². The molecule has 0 bridgehead atoms. The maximum absolute atomic E-state index is 12.0. The highest BCUT2D eigenvalue weighted by Crippen LogP contribution is 2.32. The Hall–Kier alpha value is -0.570. The number of piperidine rings is 2. The smallest absolute Gasteiger partial charge is 0.223 e. The average molecular weight is 210 g/mol. The van der Waals surface area contributed by atoms with Crippen molar-refractivity contribution < 1.29 is 4.79 Å². The lowest BCUT2D eigenvalue weighted by molar-refractivity contribution is -0.140. The van der Waals surface area contributed by atoms with Crippen LogP contribution in [0.1, 0.15) is 39.5 Å². The topological polar surface area (TPSA) is 32.3 Å². The second-order valence-corrected chi connectivity index (χ2v) is 5.68. The first-order valence-electron chi connectivity index (χ1n) is 6.09. The number of rotatable bonds is 1. The molecule has 2 fully saturated rings. The highest BCUT2D eigenvalue weighted by molar-refractivity contribution is 5.78. The summed E-state index contributed by atoms with van der Waals surface area (Å²) < 4.78 is 0. The molecule has 0 saturated carbocycles. The van der Waals surface area contributed by atoms with E-state index in [1.807, 2.05) is 0 Å². The zero-order chi connectivity index (χ0) is 10.9. The molecule has 2 heterocycles. The zero-order valence-electron chi connectivity index (χ0n) is 9.88. The van der Waals surface area contributed by atoms with Gasteiger partial charge in [0.25, 0.3) is 0 Å². The number of amides is 1. The minimum absolute atomic E-state index is 0.218. The Morgan fingerprint density at radius 1 is 1.47 bits per heavy atom. The van der Waals surface area contributed by atoms with Gasteiger partial charge in [-0.3, -0.25) is 4.79 Å². The third kappa shape index (κ3) is 2.51. The van der Waals surface area contributed by atoms with Crippen LogP contribution in [0, 0.1) is 5.41 Å². The first-order chi connectivity index (χ1) is 7.08. The van der Waals surface area contributed by atoms with Gasteiger partial charge in [0.05, 0.1) is 0 Å². The Labute approximate surface area is 92.2 Å². The second kappa shape index (κ2) is 4.12. The van der Waals surface area contributed by atoms with Gasteiger partial charge >= 0.3 is 0 Å². The van der Waals surface area contributed by atoms with Crippen LogP contribution < -0.4 is 5.32 Å². The molecule has 1 amide bonds. The fraction of sp³-hybridized carbons (Fsp3) is 0.917. The molecule has 0 aromatic heterocycles. The summed E-state index contributed by atoms with van der Waals surface area (Å²) in [7, 11) is 0. The molecule has 3 heteroatoms. The lowest BCUT2D eigenvalue weighted by atomic mass is 9.81. The molecule has 3 nitrogen and oxygen atoms in total. The Bertz CT molecular complexity index is 244. The molecule has 1 unspecified atom stereocenters. The predicted octanol–water partition coefficient (Wildman–Crippen LogP) is 1.39. The van der Waals surface area contributed by atoms with Crippen LogP contribution >= 0.6 is 0 Å². The van der Waals surface area contributed by atoms with Gasteiger partial charge in [-0.1, -0.05) is 13.8 Å². The van der Waals surface area contributed by atoms with Crippen molar-refractivity contribution >= 4 is 5.91 Å². The van der Waals surface area contributed by atoms with Crippen molar-refractivity contribution in [2.24, 2.45) is 5.41 Å². The van der Waals surface area contributed by atoms with Gasteiger partial charge in [-0.25, -0.2) is 0 Å². The largest absolute Gasteiger partial charge is 0.338 e. The fourth-order valence-corrected chi connectivity index (χ4v) is 2.63. The summed E-state index contributed by atoms with van der Waals surface area (Å²) >= 11 is 0. The van der Waals surface area contributed by atoms with Crippen molar-refractivity contribution in [1.82, 2.24) is 10.2 Å². The van der Waals surface area contributed by atoms with Crippen molar-refractivity contribution in [3.05, 3.63) is 0 Å². The number of carbonyl (C=O) groups is 1. The number of hydrogen-bond donors (Lipinski definition) is 1. The molecule has 1 N–H and O–H groups in total. The van der Waals surface area contributed by atoms with E-state index in [0.29, 0.717) is 11.9 Å². The number of carbonyl (C=O) groups excluding carboxylic acids is 1. The van der Waals surface area contributed by atoms with Crippen molar-refractivity contribution in [2.45, 2.75) is 45.6 Å². The van der Waals surface area contributed by atoms with Crippen LogP contribution in [0.4, 0.5) is 0 Å². The van der Waals surface area contributed by atoms with E-state index < -0.39 is 0 Å². The lowest BCUT2D eigenvalue weighted by Crippen LogP contribution is -2.52. The van der Waals surface area contributed by atoms with E-state index in [2.05, 4.69) is 24.1 Å². The molecule has 0 radical (unpaired) electrons. The lowest BCUT2D eigenvalue weighted by Gasteiger charge is -2.42. The summed E-state index contributed by atoms with van der Waals surface area (Å²) in [6, 6.07) is 0.461. The number of nitrogens with zero attached hydrogens (tertiary/aromatic N) is 1. The standard InChI is InChI=1S/C12H22N2O/c1-12(2)5-7-14(11(15)8-12)10-4-3-6-13-9-10/h10,13H,3-9H2,1-2H3. The molecule has 1 atom stereocenters. The summed E-state index contributed by atoms with van der Waals surface area (Å²) in [5, 5.41) is 3.38. The number of hydrogen-bond acceptors (Lipinski definition) is 2. The van der Waals surface area contributed by atoms with E-state index in [-0.39, 0.29) is 5.41 Å². The molecule has 0 aliphatic carbocycles. The van der Waals surface area contributed by atoms with Crippen LogP contribution in [0.2, 0.25) is 0 Å². The molecule has 2 aliphatic rings. The third-order valence-corrected chi connectivity index (χ3v) is 3.69. The van der Waals surface area contributed by atoms with Crippen LogP contribution in [-0.2, 0) is 4.79 Å². The number of likely N-dealkylation sites (tertiary alicyclic amines) is 1. The predicted molar refractivity (Wildman–Crippen MR) is 60.6 cm³/mol. The normalized spacial score (nSPS) is 31.7. The molecule has 0 aromatic rings. The summed E-state index contributed by atoms with van der Waals surface area (Å²) in [5.74, 6) is 0.361. The Kier molecular flexibility index (Phi) is 3.01. The number of nitrogens with one attached hydrogen (secondary N) is 1. The van der Waals surface area contributed by atoms with E-state index in [4.69, 9.17) is 0 Å². The highest BCUT2D eigenvalue weighted by atomic mass is 16.2. The van der Waals surface area contributed by atoms with Crippen LogP contribution in [0.3, 0.4) is 0 Å². The summed E-state index contributed by atoms with van der Waals surface area (Å²) in [6.45, 7) is 7.46. The van der Waals surface area contributed by atoms with E-state index in [0.717, 1.165) is 32.5 Å². The third-order valence-electron chi connectivity index (χ3n) is 3.69. The SMILES string of the molecule is CC1(C)CCN(C2CCCNC2)C(=O)C1. The van der Waals surface area contributed by atoms with Gasteiger partial charge in [-0.15, -0.1) is 0 Å². The van der Waals surface area contributed by atoms with Crippen LogP contribution in [0.15, 0.2) is 0 Å². The van der Waals surface area contributed by atoms with Crippen LogP contribution in [0.25, 0.3) is 0 Å². The van der Waals surface area contributed by atoms with Crippen molar-refractivity contribution in [1.29, 1.82) is 0 Å². The van der Waals surface area contributed by atoms with Crippen molar-refractivity contribution in [2.75, 3.05) is 19.6 Å². The highest BCUT2D eigenvalue weighted by Gasteiger charge is 2.34. The molecule has 2 aliphatic heterocycles. The molecule has 0 spiro atoms. The van der Waals surface area contributed by atoms with Crippen LogP contribution in [0.5, 0.6) is 0 Å². The molecule has 2 rings (SSSR count). The van der Waals surface area contributed by atoms with Gasteiger partial charge in [-0.2, -0.15) is 0 Å². The maximum Gasteiger partial charge on any atom is 0.223 e. The molecule has 2 saturated heterocycles. The molecular weight excluding hydrogens is 188 g/mol. The summed E-state index contributed by atoms with van der Waals surface area (Å²) in [6.07, 6.45) is 4.26. The Morgan fingerprint density at radius 2 is 2.27 bits per heavy atom. The first-order valence-corrected chi connectivity index (χ1v) is 6.09. The minimum Gasteiger partial charge on any atom is -0.338 e. The Morgan fingerprint density at radius 3 is 2.87 bits per heavy atom. The molecular formula is C12H22N2O. The average Bonchev–Trinajstić information content (AvgIpc) is 2.17. The van der Waals surface area contributed by atoms with Gasteiger partial charge in [0.15, 0.2) is 0 Å². The summed E-state index contributed by atoms with van der Waals surface area (Å²) in [5.41, 5.74) is 0.218. The van der Waals surface area contributed by atoms with E-state index in [1.165, 1.54) is 12.8 Å². The monoisotopic (exact) mass is 210 g/mol. The van der Waals surface area contributed by atoms with E-state index >= 15 is 0 Å². The Balaban J connectivity index is 1.96. The zero-order valence-corrected chi connectivity index (χ0v) is 9.88. The minimum atomic E-state index is 0.218. The van der Waals surface area contributed by atoms with Gasteiger partial charge in [0, 0.05) is 25.6 Å².